The highest BCUT2D eigenvalue weighted by Crippen LogP contribution is 2.21. The number of benzene rings is 2. The summed E-state index contributed by atoms with van der Waals surface area (Å²) in [5, 5.41) is 11.0. The molecule has 0 heterocycles. The van der Waals surface area contributed by atoms with Crippen molar-refractivity contribution in [2.45, 2.75) is 19.3 Å². The predicted octanol–water partition coefficient (Wildman–Crippen LogP) is 4.94. The highest BCUT2D eigenvalue weighted by atomic mass is 16.5. The van der Waals surface area contributed by atoms with E-state index in [0.29, 0.717) is 17.8 Å². The van der Waals surface area contributed by atoms with Crippen LogP contribution in [0.15, 0.2) is 77.0 Å². The van der Waals surface area contributed by atoms with E-state index in [1.54, 1.807) is 24.3 Å². The Morgan fingerprint density at radius 3 is 2.33 bits per heavy atom. The average Bonchev–Trinajstić information content (AvgIpc) is 2.73. The van der Waals surface area contributed by atoms with Crippen LogP contribution < -0.4 is 5.32 Å². The number of azo groups is 1. The number of anilines is 1. The van der Waals surface area contributed by atoms with Gasteiger partial charge in [-0.25, -0.2) is 0 Å². The zero-order valence-corrected chi connectivity index (χ0v) is 14.9. The molecule has 6 heteroatoms. The van der Waals surface area contributed by atoms with Gasteiger partial charge in [0.25, 0.3) is 5.91 Å². The molecule has 3 rings (SSSR count). The third-order valence-electron chi connectivity index (χ3n) is 4.14. The van der Waals surface area contributed by atoms with Gasteiger partial charge in [0.15, 0.2) is 6.61 Å². The van der Waals surface area contributed by atoms with Gasteiger partial charge in [0, 0.05) is 5.69 Å². The van der Waals surface area contributed by atoms with E-state index in [-0.39, 0.29) is 24.4 Å². The summed E-state index contributed by atoms with van der Waals surface area (Å²) >= 11 is 0. The minimum atomic E-state index is -0.367. The number of nitrogens with one attached hydrogen (secondary N) is 1. The second-order valence-electron chi connectivity index (χ2n) is 6.22. The molecule has 0 spiro atoms. The Morgan fingerprint density at radius 1 is 0.963 bits per heavy atom. The molecule has 0 saturated heterocycles. The summed E-state index contributed by atoms with van der Waals surface area (Å²) in [6.07, 6.45) is 6.36. The lowest BCUT2D eigenvalue weighted by Gasteiger charge is -2.16. The van der Waals surface area contributed by atoms with E-state index in [1.807, 2.05) is 36.4 Å². The molecule has 138 valence electrons. The average molecular weight is 363 g/mol. The molecule has 0 radical (unpaired) electrons. The number of hydrogen-bond donors (Lipinski definition) is 1. The summed E-state index contributed by atoms with van der Waals surface area (Å²) in [4.78, 5) is 23.9. The minimum absolute atomic E-state index is 0.142. The van der Waals surface area contributed by atoms with Gasteiger partial charge >= 0.3 is 5.97 Å². The van der Waals surface area contributed by atoms with Gasteiger partial charge in [0.05, 0.1) is 17.3 Å². The van der Waals surface area contributed by atoms with Crippen molar-refractivity contribution in [1.82, 2.24) is 0 Å². The lowest BCUT2D eigenvalue weighted by atomic mass is 9.95. The molecule has 0 aliphatic heterocycles. The van der Waals surface area contributed by atoms with E-state index in [0.717, 1.165) is 18.5 Å². The third-order valence-corrected chi connectivity index (χ3v) is 4.14. The van der Waals surface area contributed by atoms with Crippen LogP contribution in [0.3, 0.4) is 0 Å². The first kappa shape index (κ1) is 18.5. The van der Waals surface area contributed by atoms with Crippen LogP contribution in [0.2, 0.25) is 0 Å². The molecular weight excluding hydrogens is 342 g/mol. The van der Waals surface area contributed by atoms with Gasteiger partial charge in [-0.05, 0) is 55.7 Å². The molecule has 1 amide bonds. The number of hydrogen-bond acceptors (Lipinski definition) is 5. The van der Waals surface area contributed by atoms with Crippen LogP contribution in [0.25, 0.3) is 0 Å². The van der Waals surface area contributed by atoms with Crippen molar-refractivity contribution in [2.75, 3.05) is 11.9 Å². The number of allylic oxidation sites excluding steroid dienone is 2. The van der Waals surface area contributed by atoms with Crippen LogP contribution >= 0.6 is 0 Å². The first-order valence-corrected chi connectivity index (χ1v) is 8.89. The normalized spacial score (nSPS) is 16.2. The number of esters is 1. The molecule has 27 heavy (non-hydrogen) atoms. The van der Waals surface area contributed by atoms with E-state index in [1.165, 1.54) is 0 Å². The second kappa shape index (κ2) is 9.43. The Hall–Kier alpha value is -3.28. The number of ether oxygens (including phenoxy) is 1. The van der Waals surface area contributed by atoms with E-state index in [9.17, 15) is 9.59 Å². The molecule has 0 saturated carbocycles. The smallest absolute Gasteiger partial charge is 0.309 e. The number of nitrogens with zero attached hydrogens (tertiary/aromatic N) is 2. The van der Waals surface area contributed by atoms with Gasteiger partial charge in [-0.3, -0.25) is 9.59 Å². The van der Waals surface area contributed by atoms with Gasteiger partial charge in [0.2, 0.25) is 0 Å². The Morgan fingerprint density at radius 2 is 1.67 bits per heavy atom. The summed E-state index contributed by atoms with van der Waals surface area (Å²) in [5.74, 6) is -0.823. The first-order chi connectivity index (χ1) is 13.2. The Balaban J connectivity index is 1.46. The lowest BCUT2D eigenvalue weighted by molar-refractivity contribution is -0.151. The standard InChI is InChI=1S/C21H21N3O3/c25-20(15-27-21(26)16-7-3-1-4-8-16)22-17-11-13-19(14-12-17)24-23-18-9-5-2-6-10-18/h1-3,5-6,9-14,16H,4,7-8,15H2,(H,22,25). The van der Waals surface area contributed by atoms with E-state index in [4.69, 9.17) is 4.74 Å². The molecule has 1 aliphatic rings. The molecule has 1 N–H and O–H groups in total. The quantitative estimate of drug-likeness (QED) is 0.448. The third kappa shape index (κ3) is 5.88. The summed E-state index contributed by atoms with van der Waals surface area (Å²) < 4.78 is 5.11. The molecular formula is C21H21N3O3. The molecule has 0 aromatic heterocycles. The number of amides is 1. The molecule has 6 nitrogen and oxygen atoms in total. The van der Waals surface area contributed by atoms with E-state index >= 15 is 0 Å². The van der Waals surface area contributed by atoms with Crippen LogP contribution in [0.5, 0.6) is 0 Å². The maximum Gasteiger partial charge on any atom is 0.309 e. The Labute approximate surface area is 158 Å². The van der Waals surface area contributed by atoms with Crippen molar-refractivity contribution in [3.63, 3.8) is 0 Å². The monoisotopic (exact) mass is 363 g/mol. The molecule has 1 atom stereocenters. The summed E-state index contributed by atoms with van der Waals surface area (Å²) in [6.45, 7) is -0.283. The molecule has 2 aromatic rings. The lowest BCUT2D eigenvalue weighted by Crippen LogP contribution is -2.25. The van der Waals surface area contributed by atoms with E-state index in [2.05, 4.69) is 21.6 Å². The van der Waals surface area contributed by atoms with Crippen molar-refractivity contribution >= 4 is 28.9 Å². The van der Waals surface area contributed by atoms with Crippen LogP contribution in [0.4, 0.5) is 17.1 Å². The molecule has 0 bridgehead atoms. The SMILES string of the molecule is O=C(COC(=O)C1CC=CCC1)Nc1ccc(N=Nc2ccccc2)cc1. The van der Waals surface area contributed by atoms with Crippen molar-refractivity contribution in [3.05, 3.63) is 66.7 Å². The Bertz CT molecular complexity index is 830. The maximum absolute atomic E-state index is 12.0. The van der Waals surface area contributed by atoms with Gasteiger partial charge < -0.3 is 10.1 Å². The zero-order chi connectivity index (χ0) is 18.9. The maximum atomic E-state index is 12.0. The highest BCUT2D eigenvalue weighted by molar-refractivity contribution is 5.93. The van der Waals surface area contributed by atoms with Gasteiger partial charge in [0.1, 0.15) is 0 Å². The van der Waals surface area contributed by atoms with Crippen molar-refractivity contribution in [3.8, 4) is 0 Å². The summed E-state index contributed by atoms with van der Waals surface area (Å²) in [5.41, 5.74) is 2.05. The van der Waals surface area contributed by atoms with Crippen molar-refractivity contribution < 1.29 is 14.3 Å². The zero-order valence-electron chi connectivity index (χ0n) is 14.9. The molecule has 1 aliphatic carbocycles. The number of carbonyl (C=O) groups excluding carboxylic acids is 2. The predicted molar refractivity (Wildman–Crippen MR) is 103 cm³/mol. The summed E-state index contributed by atoms with van der Waals surface area (Å²) in [6, 6.07) is 16.4. The van der Waals surface area contributed by atoms with Crippen LogP contribution in [-0.4, -0.2) is 18.5 Å². The van der Waals surface area contributed by atoms with Crippen LogP contribution in [-0.2, 0) is 14.3 Å². The van der Waals surface area contributed by atoms with Crippen molar-refractivity contribution in [2.24, 2.45) is 16.1 Å². The topological polar surface area (TPSA) is 80.1 Å². The van der Waals surface area contributed by atoms with Crippen molar-refractivity contribution in [1.29, 1.82) is 0 Å². The highest BCUT2D eigenvalue weighted by Gasteiger charge is 2.20. The molecule has 0 fully saturated rings. The molecule has 1 unspecified atom stereocenters. The fourth-order valence-electron chi connectivity index (χ4n) is 2.68. The van der Waals surface area contributed by atoms with Crippen LogP contribution in [0, 0.1) is 5.92 Å². The van der Waals surface area contributed by atoms with Gasteiger partial charge in [-0.15, -0.1) is 0 Å². The van der Waals surface area contributed by atoms with Gasteiger partial charge in [-0.2, -0.15) is 10.2 Å². The van der Waals surface area contributed by atoms with Gasteiger partial charge in [-0.1, -0.05) is 30.4 Å². The van der Waals surface area contributed by atoms with Crippen LogP contribution in [0.1, 0.15) is 19.3 Å². The minimum Gasteiger partial charge on any atom is -0.455 e. The second-order valence-corrected chi connectivity index (χ2v) is 6.22. The fraction of sp³-hybridized carbons (Fsp3) is 0.238. The fourth-order valence-corrected chi connectivity index (χ4v) is 2.68. The number of rotatable bonds is 6. The van der Waals surface area contributed by atoms with E-state index < -0.39 is 0 Å². The number of carbonyl (C=O) groups is 2. The molecule has 2 aromatic carbocycles. The largest absolute Gasteiger partial charge is 0.455 e. The first-order valence-electron chi connectivity index (χ1n) is 8.89. The summed E-state index contributed by atoms with van der Waals surface area (Å²) in [7, 11) is 0. The Kier molecular flexibility index (Phi) is 6.46.